The van der Waals surface area contributed by atoms with E-state index < -0.39 is 0 Å². The van der Waals surface area contributed by atoms with Crippen LogP contribution in [-0.2, 0) is 0 Å². The predicted molar refractivity (Wildman–Crippen MR) is 67.5 cm³/mol. The number of nitrogens with zero attached hydrogens (tertiary/aromatic N) is 2. The van der Waals surface area contributed by atoms with Gasteiger partial charge in [0.15, 0.2) is 0 Å². The molecule has 1 atom stereocenters. The number of hydrazine groups is 1. The van der Waals surface area contributed by atoms with Gasteiger partial charge in [-0.25, -0.2) is 5.43 Å². The minimum absolute atomic E-state index is 0.0583. The minimum Gasteiger partial charge on any atom is -0.287 e. The monoisotopic (exact) mass is 242 g/mol. The molecule has 2 rings (SSSR count). The zero-order valence-corrected chi connectivity index (χ0v) is 10.00. The molecule has 0 bridgehead atoms. The SMILES string of the molecule is CC(NNC(=O)c1ccncc1)c1ccccn1. The largest absolute Gasteiger partial charge is 0.287 e. The molecule has 0 fully saturated rings. The number of aromatic nitrogens is 2. The van der Waals surface area contributed by atoms with Gasteiger partial charge < -0.3 is 0 Å². The van der Waals surface area contributed by atoms with Gasteiger partial charge in [0.25, 0.3) is 5.91 Å². The van der Waals surface area contributed by atoms with Crippen molar-refractivity contribution in [2.75, 3.05) is 0 Å². The maximum absolute atomic E-state index is 11.8. The summed E-state index contributed by atoms with van der Waals surface area (Å²) >= 11 is 0. The van der Waals surface area contributed by atoms with Crippen LogP contribution in [-0.4, -0.2) is 15.9 Å². The van der Waals surface area contributed by atoms with Gasteiger partial charge in [0, 0.05) is 24.2 Å². The summed E-state index contributed by atoms with van der Waals surface area (Å²) in [5.41, 5.74) is 6.98. The molecule has 2 aromatic heterocycles. The highest BCUT2D eigenvalue weighted by Crippen LogP contribution is 2.06. The summed E-state index contributed by atoms with van der Waals surface area (Å²) in [4.78, 5) is 19.8. The fraction of sp³-hybridized carbons (Fsp3) is 0.154. The van der Waals surface area contributed by atoms with E-state index in [0.717, 1.165) is 5.69 Å². The third kappa shape index (κ3) is 3.11. The molecule has 1 unspecified atom stereocenters. The van der Waals surface area contributed by atoms with Crippen molar-refractivity contribution in [3.05, 3.63) is 60.2 Å². The van der Waals surface area contributed by atoms with E-state index in [1.54, 1.807) is 30.7 Å². The number of hydrogen-bond acceptors (Lipinski definition) is 4. The molecule has 0 saturated heterocycles. The van der Waals surface area contributed by atoms with Crippen LogP contribution >= 0.6 is 0 Å². The summed E-state index contributed by atoms with van der Waals surface area (Å²) < 4.78 is 0. The Morgan fingerprint density at radius 1 is 1.17 bits per heavy atom. The van der Waals surface area contributed by atoms with Crippen molar-refractivity contribution >= 4 is 5.91 Å². The van der Waals surface area contributed by atoms with E-state index in [1.807, 2.05) is 25.1 Å². The second kappa shape index (κ2) is 5.88. The molecule has 2 heterocycles. The van der Waals surface area contributed by atoms with Crippen LogP contribution in [0, 0.1) is 0 Å². The summed E-state index contributed by atoms with van der Waals surface area (Å²) in [6.07, 6.45) is 4.88. The fourth-order valence-corrected chi connectivity index (χ4v) is 1.46. The molecule has 0 aliphatic carbocycles. The maximum Gasteiger partial charge on any atom is 0.265 e. The Morgan fingerprint density at radius 3 is 2.61 bits per heavy atom. The molecule has 0 spiro atoms. The lowest BCUT2D eigenvalue weighted by Crippen LogP contribution is -2.39. The molecule has 0 aromatic carbocycles. The van der Waals surface area contributed by atoms with Gasteiger partial charge in [-0.3, -0.25) is 20.2 Å². The summed E-state index contributed by atoms with van der Waals surface area (Å²) in [5.74, 6) is -0.194. The van der Waals surface area contributed by atoms with Crippen LogP contribution in [0.1, 0.15) is 29.0 Å². The van der Waals surface area contributed by atoms with E-state index in [-0.39, 0.29) is 11.9 Å². The van der Waals surface area contributed by atoms with Crippen molar-refractivity contribution in [3.8, 4) is 0 Å². The lowest BCUT2D eigenvalue weighted by atomic mass is 10.2. The van der Waals surface area contributed by atoms with Crippen LogP contribution in [0.25, 0.3) is 0 Å². The third-order valence-electron chi connectivity index (χ3n) is 2.48. The first-order valence-electron chi connectivity index (χ1n) is 5.64. The van der Waals surface area contributed by atoms with E-state index in [2.05, 4.69) is 20.8 Å². The topological polar surface area (TPSA) is 66.9 Å². The average Bonchev–Trinajstić information content (AvgIpc) is 2.46. The van der Waals surface area contributed by atoms with Gasteiger partial charge in [-0.2, -0.15) is 0 Å². The molecule has 0 saturated carbocycles. The van der Waals surface area contributed by atoms with E-state index >= 15 is 0 Å². The molecule has 2 N–H and O–H groups in total. The van der Waals surface area contributed by atoms with Crippen LogP contribution in [0.4, 0.5) is 0 Å². The Labute approximate surface area is 105 Å². The van der Waals surface area contributed by atoms with Crippen molar-refractivity contribution in [2.45, 2.75) is 13.0 Å². The van der Waals surface area contributed by atoms with Gasteiger partial charge in [-0.15, -0.1) is 0 Å². The number of carbonyl (C=O) groups is 1. The highest BCUT2D eigenvalue weighted by molar-refractivity contribution is 5.93. The molecule has 0 radical (unpaired) electrons. The number of nitrogens with one attached hydrogen (secondary N) is 2. The zero-order valence-electron chi connectivity index (χ0n) is 10.00. The smallest absolute Gasteiger partial charge is 0.265 e. The first-order valence-corrected chi connectivity index (χ1v) is 5.64. The molecule has 2 aromatic rings. The molecule has 18 heavy (non-hydrogen) atoms. The van der Waals surface area contributed by atoms with Gasteiger partial charge >= 0.3 is 0 Å². The Bertz CT molecular complexity index is 501. The molecule has 92 valence electrons. The Hall–Kier alpha value is -2.27. The van der Waals surface area contributed by atoms with Crippen LogP contribution < -0.4 is 10.9 Å². The van der Waals surface area contributed by atoms with Crippen LogP contribution in [0.3, 0.4) is 0 Å². The Morgan fingerprint density at radius 2 is 1.94 bits per heavy atom. The first kappa shape index (κ1) is 12.2. The number of pyridine rings is 2. The molecule has 1 amide bonds. The minimum atomic E-state index is -0.194. The van der Waals surface area contributed by atoms with Crippen LogP contribution in [0.2, 0.25) is 0 Å². The summed E-state index contributed by atoms with van der Waals surface area (Å²) in [7, 11) is 0. The van der Waals surface area contributed by atoms with E-state index in [0.29, 0.717) is 5.56 Å². The lowest BCUT2D eigenvalue weighted by molar-refractivity contribution is 0.0926. The average molecular weight is 242 g/mol. The van der Waals surface area contributed by atoms with Gasteiger partial charge in [0.05, 0.1) is 11.7 Å². The highest BCUT2D eigenvalue weighted by Gasteiger charge is 2.08. The molecule has 5 nitrogen and oxygen atoms in total. The van der Waals surface area contributed by atoms with Gasteiger partial charge in [-0.1, -0.05) is 6.07 Å². The quantitative estimate of drug-likeness (QED) is 0.797. The molecular formula is C13H14N4O. The number of hydrogen-bond donors (Lipinski definition) is 2. The van der Waals surface area contributed by atoms with Gasteiger partial charge in [-0.05, 0) is 31.2 Å². The van der Waals surface area contributed by atoms with Gasteiger partial charge in [0.1, 0.15) is 0 Å². The highest BCUT2D eigenvalue weighted by atomic mass is 16.2. The molecular weight excluding hydrogens is 228 g/mol. The Kier molecular flexibility index (Phi) is 3.98. The fourth-order valence-electron chi connectivity index (χ4n) is 1.46. The second-order valence-corrected chi connectivity index (χ2v) is 3.81. The molecule has 0 aliphatic rings. The maximum atomic E-state index is 11.8. The van der Waals surface area contributed by atoms with Crippen molar-refractivity contribution in [2.24, 2.45) is 0 Å². The van der Waals surface area contributed by atoms with E-state index in [9.17, 15) is 4.79 Å². The number of amides is 1. The molecule has 5 heteroatoms. The third-order valence-corrected chi connectivity index (χ3v) is 2.48. The standard InChI is InChI=1S/C13H14N4O/c1-10(12-4-2-3-7-15-12)16-17-13(18)11-5-8-14-9-6-11/h2-10,16H,1H3,(H,17,18). The van der Waals surface area contributed by atoms with Crippen molar-refractivity contribution in [1.29, 1.82) is 0 Å². The summed E-state index contributed by atoms with van der Waals surface area (Å²) in [5, 5.41) is 0. The first-order chi connectivity index (χ1) is 8.77. The van der Waals surface area contributed by atoms with Crippen molar-refractivity contribution < 1.29 is 4.79 Å². The van der Waals surface area contributed by atoms with Crippen LogP contribution in [0.5, 0.6) is 0 Å². The van der Waals surface area contributed by atoms with Crippen molar-refractivity contribution in [1.82, 2.24) is 20.8 Å². The normalized spacial score (nSPS) is 11.8. The summed E-state index contributed by atoms with van der Waals surface area (Å²) in [6, 6.07) is 8.91. The molecule has 0 aliphatic heterocycles. The number of rotatable bonds is 4. The van der Waals surface area contributed by atoms with E-state index in [4.69, 9.17) is 0 Å². The van der Waals surface area contributed by atoms with E-state index in [1.165, 1.54) is 0 Å². The van der Waals surface area contributed by atoms with Crippen molar-refractivity contribution in [3.63, 3.8) is 0 Å². The lowest BCUT2D eigenvalue weighted by Gasteiger charge is -2.14. The van der Waals surface area contributed by atoms with Gasteiger partial charge in [0.2, 0.25) is 0 Å². The summed E-state index contributed by atoms with van der Waals surface area (Å²) in [6.45, 7) is 1.93. The zero-order chi connectivity index (χ0) is 12.8. The predicted octanol–water partition coefficient (Wildman–Crippen LogP) is 1.47. The van der Waals surface area contributed by atoms with Crippen LogP contribution in [0.15, 0.2) is 48.9 Å². The Balaban J connectivity index is 1.91. The second-order valence-electron chi connectivity index (χ2n) is 3.81. The number of carbonyl (C=O) groups excluding carboxylic acids is 1.